The maximum atomic E-state index is 13.0. The van der Waals surface area contributed by atoms with Crippen LogP contribution in [0, 0.1) is 11.8 Å². The second-order valence-electron chi connectivity index (χ2n) is 8.01. The number of fused-ring (bicyclic) bond motifs is 2. The molecule has 1 heterocycles. The van der Waals surface area contributed by atoms with Crippen LogP contribution in [0.3, 0.4) is 0 Å². The number of imide groups is 2. The molecule has 28 heavy (non-hydrogen) atoms. The first-order valence-electron chi connectivity index (χ1n) is 9.92. The summed E-state index contributed by atoms with van der Waals surface area (Å²) in [7, 11) is 0. The molecule has 0 saturated carbocycles. The fourth-order valence-corrected chi connectivity index (χ4v) is 4.85. The minimum atomic E-state index is -0.443. The molecule has 2 aromatic rings. The fraction of sp³-hybridized carbons (Fsp3) is 0.348. The van der Waals surface area contributed by atoms with E-state index >= 15 is 0 Å². The Morgan fingerprint density at radius 3 is 1.29 bits per heavy atom. The molecule has 2 aliphatic carbocycles. The standard InChI is InChI=1S/C23H22N2O3/c26-21(19-11-15-5-1-2-6-16(15)12-19)24-9-10-25(23(24)28)22(27)20-13-17-7-3-4-8-18(17)14-20/h1-8,19-20H,9-14H2. The van der Waals surface area contributed by atoms with Gasteiger partial charge in [-0.1, -0.05) is 48.5 Å². The van der Waals surface area contributed by atoms with Crippen molar-refractivity contribution in [2.24, 2.45) is 11.8 Å². The largest absolute Gasteiger partial charge is 0.333 e. The number of nitrogens with zero attached hydrogens (tertiary/aromatic N) is 2. The summed E-state index contributed by atoms with van der Waals surface area (Å²) in [5.41, 5.74) is 4.74. The molecule has 0 spiro atoms. The van der Waals surface area contributed by atoms with Crippen molar-refractivity contribution in [2.75, 3.05) is 13.1 Å². The summed E-state index contributed by atoms with van der Waals surface area (Å²) in [4.78, 5) is 41.4. The van der Waals surface area contributed by atoms with Crippen LogP contribution in [0.2, 0.25) is 0 Å². The second-order valence-corrected chi connectivity index (χ2v) is 8.01. The van der Waals surface area contributed by atoms with Gasteiger partial charge in [-0.15, -0.1) is 0 Å². The predicted molar refractivity (Wildman–Crippen MR) is 104 cm³/mol. The SMILES string of the molecule is O=C(C1Cc2ccccc2C1)N1CCN(C(=O)C2Cc3ccccc3C2)C1=O. The lowest BCUT2D eigenvalue weighted by Crippen LogP contribution is -2.43. The Labute approximate surface area is 163 Å². The molecule has 0 radical (unpaired) electrons. The van der Waals surface area contributed by atoms with Gasteiger partial charge < -0.3 is 0 Å². The lowest BCUT2D eigenvalue weighted by atomic mass is 10.0. The molecule has 1 fully saturated rings. The van der Waals surface area contributed by atoms with Crippen molar-refractivity contribution in [1.29, 1.82) is 0 Å². The average Bonchev–Trinajstić information content (AvgIpc) is 3.42. The zero-order valence-corrected chi connectivity index (χ0v) is 15.6. The number of carbonyl (C=O) groups is 3. The highest BCUT2D eigenvalue weighted by atomic mass is 16.2. The normalized spacial score (nSPS) is 19.2. The Balaban J connectivity index is 1.26. The molecule has 0 unspecified atom stereocenters. The summed E-state index contributed by atoms with van der Waals surface area (Å²) in [6.45, 7) is 0.603. The van der Waals surface area contributed by atoms with Crippen molar-refractivity contribution in [3.05, 3.63) is 70.8 Å². The van der Waals surface area contributed by atoms with E-state index in [2.05, 4.69) is 0 Å². The Bertz CT molecular complexity index is 856. The Hall–Kier alpha value is -2.95. The van der Waals surface area contributed by atoms with Crippen molar-refractivity contribution in [1.82, 2.24) is 9.80 Å². The molecule has 142 valence electrons. The van der Waals surface area contributed by atoms with E-state index in [1.165, 1.54) is 32.1 Å². The monoisotopic (exact) mass is 374 g/mol. The third-order valence-electron chi connectivity index (χ3n) is 6.34. The molecular weight excluding hydrogens is 352 g/mol. The molecule has 1 saturated heterocycles. The minimum Gasteiger partial charge on any atom is -0.274 e. The van der Waals surface area contributed by atoms with Gasteiger partial charge in [-0.3, -0.25) is 19.4 Å². The van der Waals surface area contributed by atoms with Crippen molar-refractivity contribution in [2.45, 2.75) is 25.7 Å². The minimum absolute atomic E-state index is 0.147. The first kappa shape index (κ1) is 17.2. The lowest BCUT2D eigenvalue weighted by Gasteiger charge is -2.21. The first-order chi connectivity index (χ1) is 13.6. The van der Waals surface area contributed by atoms with E-state index in [1.54, 1.807) is 0 Å². The molecule has 1 aliphatic heterocycles. The highest BCUT2D eigenvalue weighted by molar-refractivity contribution is 6.05. The number of rotatable bonds is 2. The van der Waals surface area contributed by atoms with Gasteiger partial charge in [-0.25, -0.2) is 4.79 Å². The zero-order chi connectivity index (χ0) is 19.3. The molecule has 5 heteroatoms. The molecular formula is C23H22N2O3. The Morgan fingerprint density at radius 2 is 0.964 bits per heavy atom. The molecule has 0 N–H and O–H groups in total. The molecule has 3 aliphatic rings. The number of urea groups is 1. The van der Waals surface area contributed by atoms with Gasteiger partial charge in [0.25, 0.3) is 0 Å². The van der Waals surface area contributed by atoms with Gasteiger partial charge in [0.1, 0.15) is 0 Å². The number of amides is 4. The Morgan fingerprint density at radius 1 is 0.643 bits per heavy atom. The maximum absolute atomic E-state index is 13.0. The summed E-state index contributed by atoms with van der Waals surface area (Å²) in [5.74, 6) is -0.698. The van der Waals surface area contributed by atoms with Crippen LogP contribution in [0.1, 0.15) is 22.3 Å². The maximum Gasteiger partial charge on any atom is 0.333 e. The summed E-state index contributed by atoms with van der Waals surface area (Å²) in [6, 6.07) is 15.6. The van der Waals surface area contributed by atoms with Gasteiger partial charge >= 0.3 is 6.03 Å². The van der Waals surface area contributed by atoms with E-state index in [0.29, 0.717) is 38.8 Å². The van der Waals surface area contributed by atoms with Crippen molar-refractivity contribution < 1.29 is 14.4 Å². The zero-order valence-electron chi connectivity index (χ0n) is 15.6. The second kappa shape index (κ2) is 6.59. The van der Waals surface area contributed by atoms with Gasteiger partial charge in [0, 0.05) is 24.9 Å². The van der Waals surface area contributed by atoms with Crippen molar-refractivity contribution in [3.63, 3.8) is 0 Å². The number of hydrogen-bond acceptors (Lipinski definition) is 3. The van der Waals surface area contributed by atoms with E-state index in [-0.39, 0.29) is 23.7 Å². The van der Waals surface area contributed by atoms with Gasteiger partial charge in [0.15, 0.2) is 0 Å². The first-order valence-corrected chi connectivity index (χ1v) is 9.92. The van der Waals surface area contributed by atoms with E-state index in [1.807, 2.05) is 48.5 Å². The van der Waals surface area contributed by atoms with Crippen LogP contribution in [-0.2, 0) is 35.3 Å². The fourth-order valence-electron chi connectivity index (χ4n) is 4.85. The van der Waals surface area contributed by atoms with Crippen LogP contribution in [-0.4, -0.2) is 40.7 Å². The molecule has 5 nitrogen and oxygen atoms in total. The molecule has 2 aromatic carbocycles. The van der Waals surface area contributed by atoms with Gasteiger partial charge in [0.2, 0.25) is 11.8 Å². The summed E-state index contributed by atoms with van der Waals surface area (Å²) >= 11 is 0. The summed E-state index contributed by atoms with van der Waals surface area (Å²) in [6.07, 6.45) is 2.69. The van der Waals surface area contributed by atoms with Crippen molar-refractivity contribution >= 4 is 17.8 Å². The highest BCUT2D eigenvalue weighted by Crippen LogP contribution is 2.31. The highest BCUT2D eigenvalue weighted by Gasteiger charge is 2.43. The van der Waals surface area contributed by atoms with Crippen LogP contribution in [0.5, 0.6) is 0 Å². The molecule has 0 atom stereocenters. The van der Waals surface area contributed by atoms with Crippen LogP contribution < -0.4 is 0 Å². The van der Waals surface area contributed by atoms with Crippen LogP contribution >= 0.6 is 0 Å². The van der Waals surface area contributed by atoms with Crippen LogP contribution in [0.4, 0.5) is 4.79 Å². The third-order valence-corrected chi connectivity index (χ3v) is 6.34. The summed E-state index contributed by atoms with van der Waals surface area (Å²) < 4.78 is 0. The molecule has 4 amide bonds. The van der Waals surface area contributed by atoms with Gasteiger partial charge in [0.05, 0.1) is 0 Å². The van der Waals surface area contributed by atoms with Crippen molar-refractivity contribution in [3.8, 4) is 0 Å². The van der Waals surface area contributed by atoms with E-state index < -0.39 is 6.03 Å². The number of benzene rings is 2. The smallest absolute Gasteiger partial charge is 0.274 e. The number of carbonyl (C=O) groups excluding carboxylic acids is 3. The average molecular weight is 374 g/mol. The van der Waals surface area contributed by atoms with Crippen LogP contribution in [0.25, 0.3) is 0 Å². The van der Waals surface area contributed by atoms with E-state index in [9.17, 15) is 14.4 Å². The van der Waals surface area contributed by atoms with Crippen LogP contribution in [0.15, 0.2) is 48.5 Å². The van der Waals surface area contributed by atoms with E-state index in [0.717, 1.165) is 0 Å². The molecule has 0 aromatic heterocycles. The Kier molecular flexibility index (Phi) is 4.04. The van der Waals surface area contributed by atoms with E-state index in [4.69, 9.17) is 0 Å². The topological polar surface area (TPSA) is 57.7 Å². The van der Waals surface area contributed by atoms with Gasteiger partial charge in [-0.2, -0.15) is 0 Å². The molecule has 0 bridgehead atoms. The molecule has 5 rings (SSSR count). The lowest BCUT2D eigenvalue weighted by molar-refractivity contribution is -0.132. The predicted octanol–water partition coefficient (Wildman–Crippen LogP) is 2.61. The number of hydrogen-bond donors (Lipinski definition) is 0. The summed E-state index contributed by atoms with van der Waals surface area (Å²) in [5, 5.41) is 0. The quantitative estimate of drug-likeness (QED) is 0.812. The third kappa shape index (κ3) is 2.73. The van der Waals surface area contributed by atoms with Gasteiger partial charge in [-0.05, 0) is 47.9 Å².